The molecule has 2 aromatic rings. The van der Waals surface area contributed by atoms with Crippen LogP contribution in [0, 0.1) is 6.92 Å². The maximum Gasteiger partial charge on any atom is 0.291 e. The molecule has 0 saturated heterocycles. The lowest BCUT2D eigenvalue weighted by atomic mass is 10.2. The van der Waals surface area contributed by atoms with E-state index in [1.807, 2.05) is 25.1 Å². The minimum Gasteiger partial charge on any atom is -0.455 e. The predicted molar refractivity (Wildman–Crippen MR) is 96.1 cm³/mol. The van der Waals surface area contributed by atoms with Crippen LogP contribution >= 0.6 is 0 Å². The van der Waals surface area contributed by atoms with Gasteiger partial charge in [0.2, 0.25) is 10.0 Å². The van der Waals surface area contributed by atoms with Gasteiger partial charge in [-0.3, -0.25) is 4.79 Å². The number of carbonyl (C=O) groups is 1. The molecule has 0 saturated carbocycles. The molecule has 1 aromatic carbocycles. The summed E-state index contributed by atoms with van der Waals surface area (Å²) in [7, 11) is -0.803. The fourth-order valence-electron chi connectivity index (χ4n) is 2.25. The lowest BCUT2D eigenvalue weighted by Gasteiger charge is -2.09. The summed E-state index contributed by atoms with van der Waals surface area (Å²) in [6.45, 7) is 5.09. The maximum atomic E-state index is 12.4. The van der Waals surface area contributed by atoms with Crippen LogP contribution in [0.1, 0.15) is 28.8 Å². The number of hydrogen-bond acceptors (Lipinski definition) is 5. The number of rotatable bonds is 7. The highest BCUT2D eigenvalue weighted by molar-refractivity contribution is 7.89. The van der Waals surface area contributed by atoms with Crippen molar-refractivity contribution < 1.29 is 17.6 Å². The number of nitrogens with zero attached hydrogens (tertiary/aromatic N) is 1. The Kier molecular flexibility index (Phi) is 5.99. The first-order chi connectivity index (χ1) is 11.8. The molecule has 0 fully saturated rings. The molecule has 25 heavy (non-hydrogen) atoms. The maximum absolute atomic E-state index is 12.4. The Bertz CT molecular complexity index is 857. The second kappa shape index (κ2) is 7.81. The Morgan fingerprint density at radius 2 is 1.96 bits per heavy atom. The lowest BCUT2D eigenvalue weighted by Crippen LogP contribution is -2.22. The van der Waals surface area contributed by atoms with Crippen molar-refractivity contribution >= 4 is 21.6 Å². The molecule has 0 aliphatic heterocycles. The molecule has 0 spiro atoms. The molecule has 0 unspecified atom stereocenters. The molecule has 1 aromatic heterocycles. The van der Waals surface area contributed by atoms with Crippen molar-refractivity contribution in [3.63, 3.8) is 0 Å². The van der Waals surface area contributed by atoms with Gasteiger partial charge in [0.05, 0.1) is 0 Å². The van der Waals surface area contributed by atoms with Crippen LogP contribution in [0.2, 0.25) is 0 Å². The second-order valence-electron chi connectivity index (χ2n) is 5.75. The number of amides is 1. The van der Waals surface area contributed by atoms with E-state index in [2.05, 4.69) is 10.6 Å². The summed E-state index contributed by atoms with van der Waals surface area (Å²) < 4.78 is 30.9. The third-order valence-corrected chi connectivity index (χ3v) is 5.54. The molecule has 1 amide bonds. The van der Waals surface area contributed by atoms with Gasteiger partial charge in [-0.2, -0.15) is 0 Å². The zero-order valence-corrected chi connectivity index (χ0v) is 15.6. The van der Waals surface area contributed by atoms with Gasteiger partial charge in [-0.15, -0.1) is 0 Å². The van der Waals surface area contributed by atoms with Crippen molar-refractivity contribution in [2.75, 3.05) is 26.0 Å². The first-order valence-electron chi connectivity index (χ1n) is 7.89. The number of anilines is 1. The van der Waals surface area contributed by atoms with Crippen molar-refractivity contribution in [2.45, 2.75) is 25.3 Å². The number of carbonyl (C=O) groups excluding carboxylic acids is 1. The average Bonchev–Trinajstić information content (AvgIpc) is 2.96. The summed E-state index contributed by atoms with van der Waals surface area (Å²) in [6.07, 6.45) is 0. The van der Waals surface area contributed by atoms with Gasteiger partial charge in [-0.1, -0.05) is 19.1 Å². The van der Waals surface area contributed by atoms with Crippen molar-refractivity contribution in [1.82, 2.24) is 9.62 Å². The third-order valence-electron chi connectivity index (χ3n) is 3.62. The average molecular weight is 365 g/mol. The molecule has 0 radical (unpaired) electrons. The zero-order valence-electron chi connectivity index (χ0n) is 14.8. The van der Waals surface area contributed by atoms with Crippen LogP contribution in [-0.2, 0) is 16.6 Å². The van der Waals surface area contributed by atoms with Crippen molar-refractivity contribution in [3.05, 3.63) is 47.4 Å². The largest absolute Gasteiger partial charge is 0.455 e. The van der Waals surface area contributed by atoms with Gasteiger partial charge < -0.3 is 15.1 Å². The highest BCUT2D eigenvalue weighted by Gasteiger charge is 2.25. The summed E-state index contributed by atoms with van der Waals surface area (Å²) in [5.74, 6) is -0.362. The SMILES string of the molecule is CCNCc1cccc(NC(=O)c2cc(S(=O)(=O)N(C)C)c(C)o2)c1. The number of benzene rings is 1. The van der Waals surface area contributed by atoms with Crippen molar-refractivity contribution in [3.8, 4) is 0 Å². The molecule has 1 heterocycles. The Morgan fingerprint density at radius 3 is 2.60 bits per heavy atom. The highest BCUT2D eigenvalue weighted by Crippen LogP contribution is 2.23. The second-order valence-corrected chi connectivity index (χ2v) is 7.87. The van der Waals surface area contributed by atoms with Gasteiger partial charge >= 0.3 is 0 Å². The van der Waals surface area contributed by atoms with Crippen molar-refractivity contribution in [1.29, 1.82) is 0 Å². The lowest BCUT2D eigenvalue weighted by molar-refractivity contribution is 0.0995. The van der Waals surface area contributed by atoms with E-state index in [0.29, 0.717) is 12.2 Å². The van der Waals surface area contributed by atoms with Crippen LogP contribution in [0.15, 0.2) is 39.6 Å². The summed E-state index contributed by atoms with van der Waals surface area (Å²) >= 11 is 0. The Labute approximate surface area is 148 Å². The third kappa shape index (κ3) is 4.47. The molecular formula is C17H23N3O4S. The highest BCUT2D eigenvalue weighted by atomic mass is 32.2. The monoisotopic (exact) mass is 365 g/mol. The van der Waals surface area contributed by atoms with E-state index in [9.17, 15) is 13.2 Å². The number of furan rings is 1. The summed E-state index contributed by atoms with van der Waals surface area (Å²) in [6, 6.07) is 8.67. The topological polar surface area (TPSA) is 91.6 Å². The van der Waals surface area contributed by atoms with E-state index in [-0.39, 0.29) is 16.4 Å². The summed E-state index contributed by atoms with van der Waals surface area (Å²) in [5, 5.41) is 5.94. The molecule has 136 valence electrons. The minimum atomic E-state index is -3.66. The standard InChI is InChI=1S/C17H23N3O4S/c1-5-18-11-13-7-6-8-14(9-13)19-17(21)15-10-16(12(2)24-15)25(22,23)20(3)4/h6-10,18H,5,11H2,1-4H3,(H,19,21). The van der Waals surface area contributed by atoms with Gasteiger partial charge in [0.25, 0.3) is 5.91 Å². The zero-order chi connectivity index (χ0) is 18.6. The fourth-order valence-corrected chi connectivity index (χ4v) is 3.31. The van der Waals surface area contributed by atoms with Crippen molar-refractivity contribution in [2.24, 2.45) is 0 Å². The van der Waals surface area contributed by atoms with Crippen LogP contribution in [0.4, 0.5) is 5.69 Å². The van der Waals surface area contributed by atoms with Gasteiger partial charge in [0.15, 0.2) is 5.76 Å². The van der Waals surface area contributed by atoms with E-state index in [1.54, 1.807) is 6.07 Å². The first kappa shape index (κ1) is 19.2. The normalized spacial score (nSPS) is 11.7. The van der Waals surface area contributed by atoms with Gasteiger partial charge in [-0.25, -0.2) is 12.7 Å². The van der Waals surface area contributed by atoms with E-state index >= 15 is 0 Å². The predicted octanol–water partition coefficient (Wildman–Crippen LogP) is 2.20. The number of sulfonamides is 1. The van der Waals surface area contributed by atoms with Crippen LogP contribution in [0.5, 0.6) is 0 Å². The Morgan fingerprint density at radius 1 is 1.24 bits per heavy atom. The minimum absolute atomic E-state index is 0.0106. The fraction of sp³-hybridized carbons (Fsp3) is 0.353. The molecule has 0 bridgehead atoms. The van der Waals surface area contributed by atoms with Crippen LogP contribution in [-0.4, -0.2) is 39.3 Å². The quantitative estimate of drug-likeness (QED) is 0.785. The molecule has 0 aliphatic carbocycles. The molecule has 0 aliphatic rings. The number of hydrogen-bond donors (Lipinski definition) is 2. The molecule has 0 atom stereocenters. The summed E-state index contributed by atoms with van der Waals surface area (Å²) in [5.41, 5.74) is 1.65. The van der Waals surface area contributed by atoms with Crippen LogP contribution in [0.3, 0.4) is 0 Å². The summed E-state index contributed by atoms with van der Waals surface area (Å²) in [4.78, 5) is 12.4. The molecule has 2 rings (SSSR count). The molecule has 7 nitrogen and oxygen atoms in total. The Hall–Kier alpha value is -2.16. The van der Waals surface area contributed by atoms with E-state index in [4.69, 9.17) is 4.42 Å². The van der Waals surface area contributed by atoms with Crippen LogP contribution < -0.4 is 10.6 Å². The van der Waals surface area contributed by atoms with Gasteiger partial charge in [-0.05, 0) is 31.2 Å². The van der Waals surface area contributed by atoms with Gasteiger partial charge in [0, 0.05) is 32.4 Å². The van der Waals surface area contributed by atoms with Gasteiger partial charge in [0.1, 0.15) is 10.7 Å². The molecule has 2 N–H and O–H groups in total. The van der Waals surface area contributed by atoms with E-state index in [1.165, 1.54) is 27.1 Å². The van der Waals surface area contributed by atoms with E-state index < -0.39 is 15.9 Å². The molecular weight excluding hydrogens is 342 g/mol. The first-order valence-corrected chi connectivity index (χ1v) is 9.33. The smallest absolute Gasteiger partial charge is 0.291 e. The number of aryl methyl sites for hydroxylation is 1. The number of nitrogens with one attached hydrogen (secondary N) is 2. The van der Waals surface area contributed by atoms with Crippen LogP contribution in [0.25, 0.3) is 0 Å². The van der Waals surface area contributed by atoms with E-state index in [0.717, 1.165) is 16.4 Å². The Balaban J connectivity index is 2.20. The molecule has 8 heteroatoms.